The number of amides is 2. The second-order valence-electron chi connectivity index (χ2n) is 4.34. The third kappa shape index (κ3) is 2.53. The number of carbonyl (C=O) groups excluding carboxylic acids is 2. The van der Waals surface area contributed by atoms with Gasteiger partial charge in [-0.05, 0) is 24.6 Å². The molecule has 0 unspecified atom stereocenters. The molecule has 1 aliphatic rings. The lowest BCUT2D eigenvalue weighted by Gasteiger charge is -2.13. The smallest absolute Gasteiger partial charge is 0.277 e. The fourth-order valence-corrected chi connectivity index (χ4v) is 1.89. The molecule has 2 N–H and O–H groups in total. The number of rotatable bonds is 4. The fraction of sp³-hybridized carbons (Fsp3) is 0.214. The lowest BCUT2D eigenvalue weighted by Crippen LogP contribution is -2.34. The van der Waals surface area contributed by atoms with E-state index >= 15 is 0 Å². The van der Waals surface area contributed by atoms with Crippen LogP contribution in [0, 0.1) is 18.3 Å². The first-order valence-corrected chi connectivity index (χ1v) is 6.03. The largest absolute Gasteiger partial charge is 0.395 e. The van der Waals surface area contributed by atoms with Gasteiger partial charge in [-0.2, -0.15) is 5.26 Å². The van der Waals surface area contributed by atoms with Crippen molar-refractivity contribution in [1.29, 1.82) is 5.26 Å². The van der Waals surface area contributed by atoms with Gasteiger partial charge in [0.15, 0.2) is 0 Å². The first-order valence-electron chi connectivity index (χ1n) is 6.03. The van der Waals surface area contributed by atoms with Gasteiger partial charge in [-0.25, -0.2) is 0 Å². The van der Waals surface area contributed by atoms with E-state index in [0.717, 1.165) is 10.5 Å². The van der Waals surface area contributed by atoms with Gasteiger partial charge < -0.3 is 10.4 Å². The summed E-state index contributed by atoms with van der Waals surface area (Å²) in [5.74, 6) is -0.942. The van der Waals surface area contributed by atoms with Gasteiger partial charge in [0.1, 0.15) is 5.70 Å². The minimum Gasteiger partial charge on any atom is -0.395 e. The molecule has 0 aromatic heterocycles. The zero-order valence-corrected chi connectivity index (χ0v) is 10.9. The molecule has 6 nitrogen and oxygen atoms in total. The van der Waals surface area contributed by atoms with Crippen LogP contribution in [-0.4, -0.2) is 35.0 Å². The van der Waals surface area contributed by atoms with E-state index in [9.17, 15) is 9.59 Å². The second-order valence-corrected chi connectivity index (χ2v) is 4.34. The number of aryl methyl sites for hydroxylation is 1. The second kappa shape index (κ2) is 5.55. The average molecular weight is 271 g/mol. The van der Waals surface area contributed by atoms with Crippen molar-refractivity contribution >= 4 is 17.5 Å². The maximum absolute atomic E-state index is 11.9. The van der Waals surface area contributed by atoms with Crippen molar-refractivity contribution < 1.29 is 14.7 Å². The highest BCUT2D eigenvalue weighted by atomic mass is 16.3. The quantitative estimate of drug-likeness (QED) is 0.779. The summed E-state index contributed by atoms with van der Waals surface area (Å²) >= 11 is 0. The number of nitrogens with one attached hydrogen (secondary N) is 1. The van der Waals surface area contributed by atoms with Crippen LogP contribution in [0.3, 0.4) is 0 Å². The maximum atomic E-state index is 11.9. The van der Waals surface area contributed by atoms with Gasteiger partial charge in [0.2, 0.25) is 0 Å². The van der Waals surface area contributed by atoms with Crippen LogP contribution in [0.25, 0.3) is 0 Å². The number of β-amino-alcohol motifs (C(OH)–C–C–N with tert-alkyl or cyclic N) is 1. The van der Waals surface area contributed by atoms with Gasteiger partial charge in [-0.15, -0.1) is 0 Å². The van der Waals surface area contributed by atoms with Gasteiger partial charge in [0.05, 0.1) is 24.8 Å². The standard InChI is InChI=1S/C14H13N3O3/c1-9-2-3-11(6-10(9)8-15)16-12-7-13(19)17(4-5-18)14(12)20/h2-3,6-7,16,18H,4-5H2,1H3. The average Bonchev–Trinajstić information content (AvgIpc) is 2.69. The Morgan fingerprint density at radius 1 is 1.40 bits per heavy atom. The summed E-state index contributed by atoms with van der Waals surface area (Å²) in [5.41, 5.74) is 2.03. The highest BCUT2D eigenvalue weighted by Gasteiger charge is 2.30. The highest BCUT2D eigenvalue weighted by molar-refractivity contribution is 6.17. The van der Waals surface area contributed by atoms with Crippen molar-refractivity contribution in [3.63, 3.8) is 0 Å². The molecular weight excluding hydrogens is 258 g/mol. The Labute approximate surface area is 115 Å². The van der Waals surface area contributed by atoms with Crippen LogP contribution < -0.4 is 5.32 Å². The van der Waals surface area contributed by atoms with Crippen molar-refractivity contribution in [2.45, 2.75) is 6.92 Å². The maximum Gasteiger partial charge on any atom is 0.277 e. The number of benzene rings is 1. The summed E-state index contributed by atoms with van der Waals surface area (Å²) in [7, 11) is 0. The van der Waals surface area contributed by atoms with Crippen molar-refractivity contribution in [3.8, 4) is 6.07 Å². The van der Waals surface area contributed by atoms with E-state index in [1.54, 1.807) is 18.2 Å². The number of anilines is 1. The molecule has 0 bridgehead atoms. The fourth-order valence-electron chi connectivity index (χ4n) is 1.89. The number of aliphatic hydroxyl groups is 1. The van der Waals surface area contributed by atoms with Crippen LogP contribution in [0.5, 0.6) is 0 Å². The summed E-state index contributed by atoms with van der Waals surface area (Å²) in [6.45, 7) is 1.51. The molecule has 102 valence electrons. The topological polar surface area (TPSA) is 93.4 Å². The van der Waals surface area contributed by atoms with Gasteiger partial charge in [-0.1, -0.05) is 6.07 Å². The van der Waals surface area contributed by atoms with E-state index < -0.39 is 11.8 Å². The predicted octanol–water partition coefficient (Wildman–Crippen LogP) is 0.524. The molecule has 0 fully saturated rings. The summed E-state index contributed by atoms with van der Waals surface area (Å²) in [5, 5.41) is 20.6. The monoisotopic (exact) mass is 271 g/mol. The lowest BCUT2D eigenvalue weighted by atomic mass is 10.1. The molecule has 0 aliphatic carbocycles. The minimum absolute atomic E-state index is 0.0311. The molecule has 6 heteroatoms. The Hall–Kier alpha value is -2.65. The van der Waals surface area contributed by atoms with Crippen LogP contribution in [0.15, 0.2) is 30.0 Å². The number of nitrogens with zero attached hydrogens (tertiary/aromatic N) is 2. The van der Waals surface area contributed by atoms with Crippen LogP contribution in [0.4, 0.5) is 5.69 Å². The van der Waals surface area contributed by atoms with E-state index in [0.29, 0.717) is 11.3 Å². The predicted molar refractivity (Wildman–Crippen MR) is 71.4 cm³/mol. The van der Waals surface area contributed by atoms with Crippen LogP contribution in [0.2, 0.25) is 0 Å². The Kier molecular flexibility index (Phi) is 3.82. The molecule has 1 aromatic rings. The van der Waals surface area contributed by atoms with E-state index in [2.05, 4.69) is 11.4 Å². The van der Waals surface area contributed by atoms with Crippen molar-refractivity contribution in [1.82, 2.24) is 4.90 Å². The molecular formula is C14H13N3O3. The molecule has 20 heavy (non-hydrogen) atoms. The number of hydrogen-bond donors (Lipinski definition) is 2. The van der Waals surface area contributed by atoms with Crippen molar-refractivity contribution in [2.24, 2.45) is 0 Å². The molecule has 1 aromatic carbocycles. The zero-order valence-electron chi connectivity index (χ0n) is 10.9. The normalized spacial score (nSPS) is 14.2. The zero-order chi connectivity index (χ0) is 14.7. The van der Waals surface area contributed by atoms with E-state index in [1.807, 2.05) is 6.92 Å². The number of carbonyl (C=O) groups is 2. The van der Waals surface area contributed by atoms with Gasteiger partial charge >= 0.3 is 0 Å². The molecule has 1 heterocycles. The minimum atomic E-state index is -0.483. The molecule has 1 aliphatic heterocycles. The number of imide groups is 1. The molecule has 0 spiro atoms. The highest BCUT2D eigenvalue weighted by Crippen LogP contribution is 2.19. The summed E-state index contributed by atoms with van der Waals surface area (Å²) in [4.78, 5) is 24.5. The SMILES string of the molecule is Cc1ccc(NC2=CC(=O)N(CCO)C2=O)cc1C#N. The Morgan fingerprint density at radius 2 is 2.15 bits per heavy atom. The van der Waals surface area contributed by atoms with E-state index in [4.69, 9.17) is 10.4 Å². The van der Waals surface area contributed by atoms with Gasteiger partial charge in [0.25, 0.3) is 11.8 Å². The third-order valence-corrected chi connectivity index (χ3v) is 2.97. The number of aliphatic hydroxyl groups excluding tert-OH is 1. The molecule has 0 saturated heterocycles. The third-order valence-electron chi connectivity index (χ3n) is 2.97. The lowest BCUT2D eigenvalue weighted by molar-refractivity contribution is -0.137. The molecule has 0 saturated carbocycles. The van der Waals surface area contributed by atoms with Gasteiger partial charge in [-0.3, -0.25) is 14.5 Å². The van der Waals surface area contributed by atoms with E-state index in [1.165, 1.54) is 6.08 Å². The summed E-state index contributed by atoms with van der Waals surface area (Å²) in [6.07, 6.45) is 1.18. The first kappa shape index (κ1) is 13.8. The number of hydrogen-bond acceptors (Lipinski definition) is 5. The van der Waals surface area contributed by atoms with Crippen molar-refractivity contribution in [2.75, 3.05) is 18.5 Å². The first-order chi connectivity index (χ1) is 9.56. The Bertz CT molecular complexity index is 644. The van der Waals surface area contributed by atoms with Crippen LogP contribution in [-0.2, 0) is 9.59 Å². The summed E-state index contributed by atoms with van der Waals surface area (Å²) in [6, 6.07) is 7.15. The number of nitriles is 1. The Balaban J connectivity index is 2.19. The van der Waals surface area contributed by atoms with Gasteiger partial charge in [0, 0.05) is 11.8 Å². The summed E-state index contributed by atoms with van der Waals surface area (Å²) < 4.78 is 0. The molecule has 2 amide bonds. The molecule has 0 radical (unpaired) electrons. The van der Waals surface area contributed by atoms with E-state index in [-0.39, 0.29) is 18.8 Å². The van der Waals surface area contributed by atoms with Crippen LogP contribution in [0.1, 0.15) is 11.1 Å². The molecule has 0 atom stereocenters. The van der Waals surface area contributed by atoms with Crippen LogP contribution >= 0.6 is 0 Å². The Morgan fingerprint density at radius 3 is 2.80 bits per heavy atom. The van der Waals surface area contributed by atoms with Crippen molar-refractivity contribution in [3.05, 3.63) is 41.1 Å². The molecule has 2 rings (SSSR count).